The molecule has 0 aliphatic carbocycles. The summed E-state index contributed by atoms with van der Waals surface area (Å²) in [6.07, 6.45) is 2.32. The molecule has 0 saturated carbocycles. The Balaban J connectivity index is 2.31. The summed E-state index contributed by atoms with van der Waals surface area (Å²) in [6.45, 7) is 3.45. The molecule has 0 aromatic carbocycles. The Hall–Kier alpha value is -0.920. The molecule has 0 fully saturated rings. The van der Waals surface area contributed by atoms with Gasteiger partial charge in [-0.1, -0.05) is 6.08 Å². The van der Waals surface area contributed by atoms with Crippen LogP contribution in [0.5, 0.6) is 0 Å². The molecule has 0 spiro atoms. The normalized spacial score (nSPS) is 16.0. The van der Waals surface area contributed by atoms with E-state index in [0.29, 0.717) is 12.2 Å². The van der Waals surface area contributed by atoms with Crippen molar-refractivity contribution in [1.29, 1.82) is 0 Å². The zero-order chi connectivity index (χ0) is 5.28. The molecule has 0 atom stereocenters. The maximum atomic E-state index is 8.37. The van der Waals surface area contributed by atoms with Crippen molar-refractivity contribution in [3.05, 3.63) is 24.4 Å². The van der Waals surface area contributed by atoms with E-state index in [0.717, 1.165) is 0 Å². The van der Waals surface area contributed by atoms with Crippen molar-refractivity contribution < 1.29 is 9.84 Å². The molecule has 0 unspecified atom stereocenters. The molecule has 1 aliphatic heterocycles. The minimum absolute atomic E-state index is 0.0694. The first-order valence-electron chi connectivity index (χ1n) is 2.05. The smallest absolute Gasteiger partial charge is 0.323 e. The molecule has 2 nitrogen and oxygen atoms in total. The van der Waals surface area contributed by atoms with Gasteiger partial charge < -0.3 is 9.84 Å². The summed E-state index contributed by atoms with van der Waals surface area (Å²) >= 11 is 0. The third-order valence-corrected chi connectivity index (χ3v) is 0.746. The second-order valence-corrected chi connectivity index (χ2v) is 1.32. The van der Waals surface area contributed by atoms with Crippen LogP contribution >= 0.6 is 0 Å². The highest BCUT2D eigenvalue weighted by molar-refractivity contribution is 5.12. The molecule has 38 valence electrons. The summed E-state index contributed by atoms with van der Waals surface area (Å²) < 4.78 is 4.47. The van der Waals surface area contributed by atoms with Crippen LogP contribution in [0.15, 0.2) is 24.4 Å². The van der Waals surface area contributed by atoms with Crippen LogP contribution in [0, 0.1) is 0 Å². The lowest BCUT2D eigenvalue weighted by Crippen LogP contribution is -1.55. The number of allylic oxidation sites excluding steroid dienone is 1. The topological polar surface area (TPSA) is 32.8 Å². The van der Waals surface area contributed by atoms with Gasteiger partial charge >= 0.3 is 5.95 Å². The Kier molecular flexibility index (Phi) is 0.785. The van der Waals surface area contributed by atoms with Crippen LogP contribution in [0.3, 0.4) is 0 Å². The highest BCUT2D eigenvalue weighted by Crippen LogP contribution is 2.25. The molecule has 0 radical (unpaired) electrons. The fraction of sp³-hybridized carbons (Fsp3) is 0.200. The number of hydrogen-bond donors (Lipinski definition) is 1. The van der Waals surface area contributed by atoms with E-state index < -0.39 is 0 Å². The summed E-state index contributed by atoms with van der Waals surface area (Å²) in [7, 11) is 0. The molecule has 0 aromatic rings. The molecule has 0 bridgehead atoms. The lowest BCUT2D eigenvalue weighted by Gasteiger charge is -1.68. The highest BCUT2D eigenvalue weighted by Gasteiger charge is 2.21. The van der Waals surface area contributed by atoms with Gasteiger partial charge in [0, 0.05) is 6.42 Å². The van der Waals surface area contributed by atoms with E-state index in [1.807, 2.05) is 0 Å². The Morgan fingerprint density at radius 3 is 2.57 bits per heavy atom. The van der Waals surface area contributed by atoms with Crippen molar-refractivity contribution >= 4 is 0 Å². The lowest BCUT2D eigenvalue weighted by atomic mass is 10.4. The van der Waals surface area contributed by atoms with Gasteiger partial charge in [0.1, 0.15) is 0 Å². The van der Waals surface area contributed by atoms with Crippen molar-refractivity contribution in [3.8, 4) is 0 Å². The van der Waals surface area contributed by atoms with Gasteiger partial charge in [0.2, 0.25) is 0 Å². The fourth-order valence-corrected chi connectivity index (χ4v) is 0.351. The third kappa shape index (κ3) is 0.738. The van der Waals surface area contributed by atoms with Crippen LogP contribution in [-0.4, -0.2) is 5.11 Å². The van der Waals surface area contributed by atoms with Gasteiger partial charge in [0.25, 0.3) is 0 Å². The Bertz CT molecular complexity index is 124. The molecule has 0 aromatic heterocycles. The Morgan fingerprint density at radius 1 is 1.86 bits per heavy atom. The molecule has 0 saturated heterocycles. The maximum Gasteiger partial charge on any atom is 0.323 e. The van der Waals surface area contributed by atoms with E-state index in [1.165, 1.54) is 0 Å². The minimum atomic E-state index is 0.0694. The predicted octanol–water partition coefficient (Wildman–Crippen LogP) is 1.32. The Labute approximate surface area is 41.7 Å². The zero-order valence-corrected chi connectivity index (χ0v) is 3.85. The molecule has 1 N–H and O–H groups in total. The van der Waals surface area contributed by atoms with Gasteiger partial charge in [-0.05, 0) is 0 Å². The number of hydrogen-bond acceptors (Lipinski definition) is 2. The van der Waals surface area contributed by atoms with Gasteiger partial charge in [-0.2, -0.15) is 0 Å². The predicted molar refractivity (Wildman–Crippen MR) is 25.6 cm³/mol. The molecular weight excluding hydrogens is 92.1 g/mol. The second kappa shape index (κ2) is 1.30. The minimum Gasteiger partial charge on any atom is -0.478 e. The van der Waals surface area contributed by atoms with Crippen LogP contribution in [0.1, 0.15) is 6.42 Å². The first-order valence-corrected chi connectivity index (χ1v) is 2.05. The second-order valence-electron chi connectivity index (χ2n) is 1.32. The highest BCUT2D eigenvalue weighted by atomic mass is 16.7. The number of aliphatic hydroxyl groups excluding tert-OH is 1. The molecule has 1 aliphatic rings. The number of rotatable bonds is 2. The first-order chi connectivity index (χ1) is 3.34. The summed E-state index contributed by atoms with van der Waals surface area (Å²) in [5, 5.41) is 8.37. The zero-order valence-electron chi connectivity index (χ0n) is 3.85. The summed E-state index contributed by atoms with van der Waals surface area (Å²) in [4.78, 5) is 0. The van der Waals surface area contributed by atoms with Crippen LogP contribution in [0.2, 0.25) is 0 Å². The van der Waals surface area contributed by atoms with Gasteiger partial charge in [-0.25, -0.2) is 0 Å². The first kappa shape index (κ1) is 4.24. The standard InChI is InChI=1S/C5H6O2/c1-2-3-4-5(6)7-4/h2,6H,1,3H2. The lowest BCUT2D eigenvalue weighted by molar-refractivity contribution is 0.275. The van der Waals surface area contributed by atoms with E-state index in [9.17, 15) is 0 Å². The fourth-order valence-electron chi connectivity index (χ4n) is 0.351. The van der Waals surface area contributed by atoms with Crippen molar-refractivity contribution in [1.82, 2.24) is 0 Å². The van der Waals surface area contributed by atoms with E-state index in [4.69, 9.17) is 5.11 Å². The molecule has 1 rings (SSSR count). The van der Waals surface area contributed by atoms with E-state index in [-0.39, 0.29) is 5.95 Å². The van der Waals surface area contributed by atoms with Crippen LogP contribution in [-0.2, 0) is 4.74 Å². The summed E-state index contributed by atoms with van der Waals surface area (Å²) in [5.41, 5.74) is 0. The molecular formula is C5H6O2. The maximum absolute atomic E-state index is 8.37. The van der Waals surface area contributed by atoms with Crippen molar-refractivity contribution in [2.24, 2.45) is 0 Å². The molecule has 0 amide bonds. The third-order valence-electron chi connectivity index (χ3n) is 0.746. The van der Waals surface area contributed by atoms with Crippen molar-refractivity contribution in [3.63, 3.8) is 0 Å². The van der Waals surface area contributed by atoms with Crippen LogP contribution in [0.25, 0.3) is 0 Å². The average Bonchev–Trinajstić information content (AvgIpc) is 2.22. The van der Waals surface area contributed by atoms with E-state index in [2.05, 4.69) is 11.3 Å². The SMILES string of the molecule is C=CCC1=C(O)O1. The summed E-state index contributed by atoms with van der Waals surface area (Å²) in [6, 6.07) is 0. The van der Waals surface area contributed by atoms with Crippen molar-refractivity contribution in [2.75, 3.05) is 0 Å². The van der Waals surface area contributed by atoms with E-state index in [1.54, 1.807) is 6.08 Å². The molecule has 2 heteroatoms. The number of aliphatic hydroxyl groups is 1. The average molecular weight is 98.1 g/mol. The number of ether oxygens (including phenoxy) is 1. The molecule has 1 heterocycles. The van der Waals surface area contributed by atoms with Gasteiger partial charge in [-0.15, -0.1) is 6.58 Å². The quantitative estimate of drug-likeness (QED) is 0.528. The molecule has 7 heavy (non-hydrogen) atoms. The summed E-state index contributed by atoms with van der Waals surface area (Å²) in [5.74, 6) is 0.718. The largest absolute Gasteiger partial charge is 0.478 e. The monoisotopic (exact) mass is 98.0 g/mol. The van der Waals surface area contributed by atoms with Crippen LogP contribution < -0.4 is 0 Å². The van der Waals surface area contributed by atoms with Crippen molar-refractivity contribution in [2.45, 2.75) is 6.42 Å². The van der Waals surface area contributed by atoms with Gasteiger partial charge in [-0.3, -0.25) is 0 Å². The van der Waals surface area contributed by atoms with Crippen LogP contribution in [0.4, 0.5) is 0 Å². The van der Waals surface area contributed by atoms with Gasteiger partial charge in [0.05, 0.1) is 0 Å². The van der Waals surface area contributed by atoms with E-state index >= 15 is 0 Å². The van der Waals surface area contributed by atoms with Gasteiger partial charge in [0.15, 0.2) is 5.76 Å². The Morgan fingerprint density at radius 2 is 2.43 bits per heavy atom.